The number of nitrogens with zero attached hydrogens (tertiary/aromatic N) is 1. The number of thioether (sulfide) groups is 1. The van der Waals surface area contributed by atoms with Crippen molar-refractivity contribution in [2.75, 3.05) is 30.8 Å². The van der Waals surface area contributed by atoms with E-state index in [1.807, 2.05) is 20.8 Å². The molecule has 0 atom stereocenters. The molecule has 2 rings (SSSR count). The molecule has 0 saturated heterocycles. The fourth-order valence-corrected chi connectivity index (χ4v) is 5.35. The Kier molecular flexibility index (Phi) is 8.37. The Hall–Kier alpha value is -1.12. The molecule has 1 N–H and O–H groups in total. The molecular formula is C18H26N2O3S3. The molecule has 0 radical (unpaired) electrons. The second kappa shape index (κ2) is 10.3. The second-order valence-electron chi connectivity index (χ2n) is 5.91. The van der Waals surface area contributed by atoms with E-state index in [0.717, 1.165) is 36.2 Å². The third-order valence-electron chi connectivity index (χ3n) is 4.25. The maximum absolute atomic E-state index is 12.4. The zero-order valence-electron chi connectivity index (χ0n) is 15.6. The number of hydrogen-bond acceptors (Lipinski definition) is 6. The number of ether oxygens (including phenoxy) is 1. The van der Waals surface area contributed by atoms with Gasteiger partial charge < -0.3 is 15.0 Å². The number of fused-ring (bicyclic) bond motifs is 1. The van der Waals surface area contributed by atoms with Crippen LogP contribution in [0.2, 0.25) is 0 Å². The van der Waals surface area contributed by atoms with Crippen molar-refractivity contribution in [3.63, 3.8) is 0 Å². The molecule has 8 heteroatoms. The predicted octanol–water partition coefficient (Wildman–Crippen LogP) is 4.74. The van der Waals surface area contributed by atoms with Gasteiger partial charge in [-0.25, -0.2) is 4.79 Å². The van der Waals surface area contributed by atoms with E-state index in [2.05, 4.69) is 5.32 Å². The number of esters is 1. The molecule has 0 fully saturated rings. The van der Waals surface area contributed by atoms with Crippen LogP contribution in [0, 0.1) is 0 Å². The molecular weight excluding hydrogens is 388 g/mol. The van der Waals surface area contributed by atoms with Gasteiger partial charge in [-0.1, -0.05) is 24.0 Å². The van der Waals surface area contributed by atoms with Gasteiger partial charge in [0.05, 0.1) is 22.9 Å². The quantitative estimate of drug-likeness (QED) is 0.514. The third kappa shape index (κ3) is 5.20. The largest absolute Gasteiger partial charge is 0.462 e. The average molecular weight is 415 g/mol. The Morgan fingerprint density at radius 2 is 1.92 bits per heavy atom. The lowest BCUT2D eigenvalue weighted by atomic mass is 9.95. The van der Waals surface area contributed by atoms with Gasteiger partial charge >= 0.3 is 5.97 Å². The van der Waals surface area contributed by atoms with E-state index in [9.17, 15) is 9.59 Å². The second-order valence-corrected chi connectivity index (χ2v) is 8.44. The van der Waals surface area contributed by atoms with Crippen molar-refractivity contribution in [2.24, 2.45) is 0 Å². The van der Waals surface area contributed by atoms with Gasteiger partial charge in [-0.2, -0.15) is 0 Å². The van der Waals surface area contributed by atoms with Crippen LogP contribution < -0.4 is 5.32 Å². The van der Waals surface area contributed by atoms with Crippen LogP contribution in [-0.4, -0.2) is 46.5 Å². The average Bonchev–Trinajstić information content (AvgIpc) is 2.99. The van der Waals surface area contributed by atoms with E-state index >= 15 is 0 Å². The molecule has 1 amide bonds. The van der Waals surface area contributed by atoms with Gasteiger partial charge in [0.15, 0.2) is 0 Å². The van der Waals surface area contributed by atoms with Crippen LogP contribution in [0.5, 0.6) is 0 Å². The van der Waals surface area contributed by atoms with Gasteiger partial charge in [-0.05, 0) is 52.0 Å². The van der Waals surface area contributed by atoms with E-state index < -0.39 is 0 Å². The van der Waals surface area contributed by atoms with Crippen LogP contribution >= 0.6 is 35.3 Å². The molecule has 0 saturated carbocycles. The number of carbonyl (C=O) groups excluding carboxylic acids is 2. The number of thiocarbonyl (C=S) groups is 1. The van der Waals surface area contributed by atoms with Crippen molar-refractivity contribution < 1.29 is 14.3 Å². The molecule has 1 heterocycles. The molecule has 0 unspecified atom stereocenters. The van der Waals surface area contributed by atoms with Crippen LogP contribution in [0.3, 0.4) is 0 Å². The SMILES string of the molecule is CCOC(=O)c1c(NC(=S)CSC(=O)N(CC)CC)sc2c1CCCC2. The fourth-order valence-electron chi connectivity index (χ4n) is 2.94. The van der Waals surface area contributed by atoms with Crippen LogP contribution in [0.25, 0.3) is 0 Å². The molecule has 1 aliphatic carbocycles. The number of thiophene rings is 1. The number of hydrogen-bond donors (Lipinski definition) is 1. The van der Waals surface area contributed by atoms with E-state index in [1.165, 1.54) is 16.6 Å². The van der Waals surface area contributed by atoms with Crippen LogP contribution in [0.4, 0.5) is 9.80 Å². The maximum atomic E-state index is 12.4. The standard InChI is InChI=1S/C18H26N2O3S3/c1-4-20(5-2)18(22)25-11-14(24)19-16-15(17(21)23-6-3)12-9-7-8-10-13(12)26-16/h4-11H2,1-3H3,(H,19,24). The van der Waals surface area contributed by atoms with Crippen molar-refractivity contribution in [1.82, 2.24) is 4.90 Å². The minimum atomic E-state index is -0.288. The maximum Gasteiger partial charge on any atom is 0.341 e. The highest BCUT2D eigenvalue weighted by Crippen LogP contribution is 2.38. The highest BCUT2D eigenvalue weighted by atomic mass is 32.2. The van der Waals surface area contributed by atoms with Gasteiger partial charge in [-0.15, -0.1) is 11.3 Å². The summed E-state index contributed by atoms with van der Waals surface area (Å²) < 4.78 is 5.25. The summed E-state index contributed by atoms with van der Waals surface area (Å²) in [4.78, 5) is 28.1. The highest BCUT2D eigenvalue weighted by molar-refractivity contribution is 8.14. The molecule has 1 aromatic heterocycles. The molecule has 0 spiro atoms. The molecule has 1 aliphatic rings. The normalized spacial score (nSPS) is 13.0. The monoisotopic (exact) mass is 414 g/mol. The first-order chi connectivity index (χ1) is 12.5. The first kappa shape index (κ1) is 21.2. The van der Waals surface area contributed by atoms with Crippen molar-refractivity contribution in [2.45, 2.75) is 46.5 Å². The minimum absolute atomic E-state index is 0.0234. The van der Waals surface area contributed by atoms with Crippen molar-refractivity contribution in [1.29, 1.82) is 0 Å². The summed E-state index contributed by atoms with van der Waals surface area (Å²) in [5.74, 6) is 0.110. The Morgan fingerprint density at radius 3 is 2.58 bits per heavy atom. The van der Waals surface area contributed by atoms with Crippen molar-refractivity contribution in [3.05, 3.63) is 16.0 Å². The van der Waals surface area contributed by atoms with Crippen LogP contribution in [0.15, 0.2) is 0 Å². The van der Waals surface area contributed by atoms with Gasteiger partial charge in [0, 0.05) is 18.0 Å². The lowest BCUT2D eigenvalue weighted by Crippen LogP contribution is -2.28. The molecule has 0 aliphatic heterocycles. The topological polar surface area (TPSA) is 58.6 Å². The Labute approximate surface area is 168 Å². The number of rotatable bonds is 7. The Bertz CT molecular complexity index is 669. The molecule has 26 heavy (non-hydrogen) atoms. The van der Waals surface area contributed by atoms with Gasteiger partial charge in [0.2, 0.25) is 0 Å². The zero-order valence-corrected chi connectivity index (χ0v) is 18.0. The van der Waals surface area contributed by atoms with Crippen LogP contribution in [0.1, 0.15) is 54.4 Å². The highest BCUT2D eigenvalue weighted by Gasteiger charge is 2.26. The molecule has 5 nitrogen and oxygen atoms in total. The number of carbonyl (C=O) groups is 2. The molecule has 0 aromatic carbocycles. The van der Waals surface area contributed by atoms with E-state index in [4.69, 9.17) is 17.0 Å². The first-order valence-electron chi connectivity index (χ1n) is 9.04. The van der Waals surface area contributed by atoms with E-state index in [0.29, 0.717) is 36.0 Å². The molecule has 0 bridgehead atoms. The van der Waals surface area contributed by atoms with Gasteiger partial charge in [0.25, 0.3) is 5.24 Å². The first-order valence-corrected chi connectivity index (χ1v) is 11.3. The summed E-state index contributed by atoms with van der Waals surface area (Å²) in [6.07, 6.45) is 4.14. The predicted molar refractivity (Wildman–Crippen MR) is 114 cm³/mol. The Balaban J connectivity index is 2.08. The van der Waals surface area contributed by atoms with E-state index in [1.54, 1.807) is 16.2 Å². The smallest absolute Gasteiger partial charge is 0.341 e. The number of nitrogens with one attached hydrogen (secondary N) is 1. The zero-order chi connectivity index (χ0) is 19.1. The van der Waals surface area contributed by atoms with Crippen molar-refractivity contribution >= 4 is 56.5 Å². The Morgan fingerprint density at radius 1 is 1.23 bits per heavy atom. The minimum Gasteiger partial charge on any atom is -0.462 e. The summed E-state index contributed by atoms with van der Waals surface area (Å²) in [6.45, 7) is 7.45. The fraction of sp³-hybridized carbons (Fsp3) is 0.611. The summed E-state index contributed by atoms with van der Waals surface area (Å²) in [6, 6.07) is 0. The summed E-state index contributed by atoms with van der Waals surface area (Å²) in [5.41, 5.74) is 1.74. The lowest BCUT2D eigenvalue weighted by molar-refractivity contribution is 0.0526. The number of anilines is 1. The summed E-state index contributed by atoms with van der Waals surface area (Å²) in [7, 11) is 0. The van der Waals surface area contributed by atoms with Gasteiger partial charge in [0.1, 0.15) is 5.00 Å². The number of amides is 1. The third-order valence-corrected chi connectivity index (χ3v) is 6.83. The lowest BCUT2D eigenvalue weighted by Gasteiger charge is -2.17. The number of aryl methyl sites for hydroxylation is 1. The molecule has 144 valence electrons. The van der Waals surface area contributed by atoms with Gasteiger partial charge in [-0.3, -0.25) is 4.79 Å². The summed E-state index contributed by atoms with van der Waals surface area (Å²) in [5, 5.41) is 3.98. The van der Waals surface area contributed by atoms with E-state index in [-0.39, 0.29) is 11.2 Å². The van der Waals surface area contributed by atoms with Crippen LogP contribution in [-0.2, 0) is 17.6 Å². The molecule has 1 aromatic rings. The summed E-state index contributed by atoms with van der Waals surface area (Å²) >= 11 is 8.20. The van der Waals surface area contributed by atoms with Crippen molar-refractivity contribution in [3.8, 4) is 0 Å².